The summed E-state index contributed by atoms with van der Waals surface area (Å²) in [5.74, 6) is 0.260. The fourth-order valence-electron chi connectivity index (χ4n) is 7.76. The number of rotatable bonds is 2. The van der Waals surface area contributed by atoms with Crippen LogP contribution in [0.25, 0.3) is 0 Å². The Hall–Kier alpha value is -0.820. The van der Waals surface area contributed by atoms with Crippen LogP contribution in [0.1, 0.15) is 79.6 Å². The van der Waals surface area contributed by atoms with Crippen molar-refractivity contribution < 1.29 is 5.11 Å². The van der Waals surface area contributed by atoms with E-state index < -0.39 is 0 Å². The second-order valence-corrected chi connectivity index (χ2v) is 10.5. The normalized spacial score (nSPS) is 48.2. The monoisotopic (exact) mass is 340 g/mol. The van der Waals surface area contributed by atoms with Crippen LogP contribution in [-0.4, -0.2) is 11.7 Å². The molecular weight excluding hydrogens is 304 g/mol. The first kappa shape index (κ1) is 17.6. The molecule has 1 N–H and O–H groups in total. The third kappa shape index (κ3) is 2.05. The van der Waals surface area contributed by atoms with E-state index in [0.29, 0.717) is 16.2 Å². The smallest absolute Gasteiger partial charge is 0.0502 e. The SMILES string of the molecule is CC/C1=C/C=C\[C@@H](CO)[C@]2(C)CCCC[C@]34CC(C)(C)C[C@@]3(C)C1=C42. The van der Waals surface area contributed by atoms with E-state index in [1.54, 1.807) is 16.7 Å². The van der Waals surface area contributed by atoms with Gasteiger partial charge in [0.15, 0.2) is 0 Å². The van der Waals surface area contributed by atoms with Gasteiger partial charge in [0.25, 0.3) is 0 Å². The first-order valence-electron chi connectivity index (χ1n) is 10.5. The van der Waals surface area contributed by atoms with Crippen molar-refractivity contribution in [2.24, 2.45) is 27.6 Å². The minimum atomic E-state index is 0.131. The van der Waals surface area contributed by atoms with Gasteiger partial charge in [0.1, 0.15) is 0 Å². The summed E-state index contributed by atoms with van der Waals surface area (Å²) >= 11 is 0. The van der Waals surface area contributed by atoms with Crippen molar-refractivity contribution in [3.8, 4) is 0 Å². The summed E-state index contributed by atoms with van der Waals surface area (Å²) in [4.78, 5) is 0. The van der Waals surface area contributed by atoms with Crippen LogP contribution in [0.4, 0.5) is 0 Å². The minimum Gasteiger partial charge on any atom is -0.396 e. The lowest BCUT2D eigenvalue weighted by molar-refractivity contribution is 0.0511. The Labute approximate surface area is 154 Å². The first-order chi connectivity index (χ1) is 11.7. The number of fused-ring (bicyclic) bond motifs is 1. The molecule has 1 heteroatoms. The van der Waals surface area contributed by atoms with E-state index in [9.17, 15) is 5.11 Å². The average molecular weight is 341 g/mol. The molecule has 0 heterocycles. The Kier molecular flexibility index (Phi) is 3.76. The van der Waals surface area contributed by atoms with E-state index in [1.807, 2.05) is 0 Å². The molecule has 0 amide bonds. The molecule has 1 spiro atoms. The number of aliphatic hydroxyl groups excluding tert-OH is 1. The van der Waals surface area contributed by atoms with Crippen LogP contribution in [0.3, 0.4) is 0 Å². The lowest BCUT2D eigenvalue weighted by Gasteiger charge is -2.63. The summed E-state index contributed by atoms with van der Waals surface area (Å²) in [6.07, 6.45) is 15.9. The van der Waals surface area contributed by atoms with Crippen LogP contribution in [0.2, 0.25) is 0 Å². The van der Waals surface area contributed by atoms with Crippen molar-refractivity contribution in [3.05, 3.63) is 34.9 Å². The Balaban J connectivity index is 2.01. The average Bonchev–Trinajstić information content (AvgIpc) is 2.62. The van der Waals surface area contributed by atoms with Crippen LogP contribution in [0.15, 0.2) is 34.9 Å². The van der Waals surface area contributed by atoms with Gasteiger partial charge in [-0.25, -0.2) is 0 Å². The summed E-state index contributed by atoms with van der Waals surface area (Å²) in [6.45, 7) is 12.6. The van der Waals surface area contributed by atoms with Gasteiger partial charge in [-0.1, -0.05) is 71.3 Å². The van der Waals surface area contributed by atoms with Gasteiger partial charge in [-0.15, -0.1) is 0 Å². The van der Waals surface area contributed by atoms with Crippen molar-refractivity contribution >= 4 is 0 Å². The van der Waals surface area contributed by atoms with Crippen molar-refractivity contribution in [1.82, 2.24) is 0 Å². The highest BCUT2D eigenvalue weighted by Crippen LogP contribution is 2.81. The van der Waals surface area contributed by atoms with Crippen molar-refractivity contribution in [2.75, 3.05) is 6.61 Å². The molecule has 0 saturated heterocycles. The number of hydrogen-bond acceptors (Lipinski definition) is 1. The molecule has 4 aliphatic carbocycles. The lowest BCUT2D eigenvalue weighted by atomic mass is 9.40. The summed E-state index contributed by atoms with van der Waals surface area (Å²) < 4.78 is 0. The Morgan fingerprint density at radius 3 is 2.48 bits per heavy atom. The molecule has 0 aromatic carbocycles. The van der Waals surface area contributed by atoms with Gasteiger partial charge < -0.3 is 5.11 Å². The van der Waals surface area contributed by atoms with Crippen LogP contribution < -0.4 is 0 Å². The number of hydrogen-bond donors (Lipinski definition) is 1. The van der Waals surface area contributed by atoms with Gasteiger partial charge in [-0.3, -0.25) is 0 Å². The predicted octanol–water partition coefficient (Wildman–Crippen LogP) is 6.20. The van der Waals surface area contributed by atoms with Gasteiger partial charge in [-0.05, 0) is 54.1 Å². The molecule has 0 unspecified atom stereocenters. The van der Waals surface area contributed by atoms with Crippen LogP contribution in [-0.2, 0) is 0 Å². The van der Waals surface area contributed by atoms with Crippen molar-refractivity contribution in [3.63, 3.8) is 0 Å². The third-order valence-corrected chi connectivity index (χ3v) is 8.43. The Morgan fingerprint density at radius 2 is 1.80 bits per heavy atom. The van der Waals surface area contributed by atoms with Gasteiger partial charge in [0.05, 0.1) is 6.61 Å². The van der Waals surface area contributed by atoms with Crippen LogP contribution in [0, 0.1) is 27.6 Å². The quantitative estimate of drug-likeness (QED) is 0.634. The second-order valence-electron chi connectivity index (χ2n) is 10.5. The van der Waals surface area contributed by atoms with Gasteiger partial charge >= 0.3 is 0 Å². The number of aliphatic hydroxyl groups is 1. The summed E-state index contributed by atoms with van der Waals surface area (Å²) in [5.41, 5.74) is 6.30. The zero-order chi connectivity index (χ0) is 18.1. The van der Waals surface area contributed by atoms with Crippen LogP contribution in [0.5, 0.6) is 0 Å². The molecule has 4 rings (SSSR count). The van der Waals surface area contributed by atoms with E-state index in [2.05, 4.69) is 52.8 Å². The van der Waals surface area contributed by atoms with Crippen molar-refractivity contribution in [1.29, 1.82) is 0 Å². The van der Waals surface area contributed by atoms with E-state index in [-0.39, 0.29) is 17.9 Å². The molecule has 0 aromatic heterocycles. The second kappa shape index (κ2) is 5.35. The molecule has 1 nitrogen and oxygen atoms in total. The van der Waals surface area contributed by atoms with E-state index in [4.69, 9.17) is 0 Å². The largest absolute Gasteiger partial charge is 0.396 e. The van der Waals surface area contributed by atoms with E-state index >= 15 is 0 Å². The number of allylic oxidation sites excluding steroid dienone is 5. The fraction of sp³-hybridized carbons (Fsp3) is 0.750. The van der Waals surface area contributed by atoms with Gasteiger partial charge in [0.2, 0.25) is 0 Å². The van der Waals surface area contributed by atoms with E-state index in [1.165, 1.54) is 38.5 Å². The molecule has 0 aliphatic heterocycles. The molecule has 138 valence electrons. The molecule has 0 aromatic rings. The maximum absolute atomic E-state index is 10.2. The topological polar surface area (TPSA) is 20.2 Å². The van der Waals surface area contributed by atoms with Crippen LogP contribution >= 0.6 is 0 Å². The predicted molar refractivity (Wildman–Crippen MR) is 105 cm³/mol. The molecule has 2 saturated carbocycles. The maximum Gasteiger partial charge on any atom is 0.0502 e. The first-order valence-corrected chi connectivity index (χ1v) is 10.5. The Bertz CT molecular complexity index is 678. The third-order valence-electron chi connectivity index (χ3n) is 8.43. The molecule has 25 heavy (non-hydrogen) atoms. The maximum atomic E-state index is 10.2. The van der Waals surface area contributed by atoms with Crippen molar-refractivity contribution in [2.45, 2.75) is 79.6 Å². The molecular formula is C24H36O. The highest BCUT2D eigenvalue weighted by atomic mass is 16.3. The standard InChI is InChI=1S/C24H36O/c1-6-17-10-9-11-18(14-25)22(4)12-7-8-13-24-16-21(2,3)15-23(24,5)19(17)20(22)24/h9-11,18,25H,6-8,12-16H2,1-5H3/b11-9-,17-10-/t18-,22-,23-,24+/m0/s1. The minimum absolute atomic E-state index is 0.131. The lowest BCUT2D eigenvalue weighted by Crippen LogP contribution is -2.54. The molecule has 4 aliphatic rings. The molecule has 2 fully saturated rings. The highest BCUT2D eigenvalue weighted by Gasteiger charge is 2.71. The van der Waals surface area contributed by atoms with Gasteiger partial charge in [0, 0.05) is 16.7 Å². The summed E-state index contributed by atoms with van der Waals surface area (Å²) in [7, 11) is 0. The summed E-state index contributed by atoms with van der Waals surface area (Å²) in [5, 5.41) is 10.2. The zero-order valence-electron chi connectivity index (χ0n) is 16.9. The zero-order valence-corrected chi connectivity index (χ0v) is 16.9. The molecule has 4 atom stereocenters. The molecule has 0 radical (unpaired) electrons. The Morgan fingerprint density at radius 1 is 1.08 bits per heavy atom. The van der Waals surface area contributed by atoms with Gasteiger partial charge in [-0.2, -0.15) is 0 Å². The molecule has 0 bridgehead atoms. The highest BCUT2D eigenvalue weighted by molar-refractivity contribution is 5.60. The van der Waals surface area contributed by atoms with E-state index in [0.717, 1.165) is 6.42 Å². The fourth-order valence-corrected chi connectivity index (χ4v) is 7.76. The summed E-state index contributed by atoms with van der Waals surface area (Å²) in [6, 6.07) is 0.